The molecule has 0 saturated carbocycles. The first-order chi connectivity index (χ1) is 9.99. The minimum absolute atomic E-state index is 0. The van der Waals surface area contributed by atoms with Crippen LogP contribution in [0.2, 0.25) is 0 Å². The van der Waals surface area contributed by atoms with Crippen LogP contribution in [-0.4, -0.2) is 12.4 Å². The Morgan fingerprint density at radius 1 is 1.00 bits per heavy atom. The fourth-order valence-corrected chi connectivity index (χ4v) is 5.81. The molecular formula is C16H34O2PS2Zn-. The molecule has 0 bridgehead atoms. The number of unbranched alkanes of at least 4 members (excludes halogenated alkanes) is 2. The van der Waals surface area contributed by atoms with Crippen molar-refractivity contribution in [3.63, 3.8) is 0 Å². The van der Waals surface area contributed by atoms with Gasteiger partial charge in [-0.05, 0) is 24.7 Å². The zero-order valence-electron chi connectivity index (χ0n) is 15.0. The van der Waals surface area contributed by atoms with Crippen molar-refractivity contribution in [3.8, 4) is 0 Å². The Morgan fingerprint density at radius 2 is 1.50 bits per heavy atom. The molecule has 0 aliphatic rings. The van der Waals surface area contributed by atoms with Crippen molar-refractivity contribution in [1.82, 2.24) is 0 Å². The SMILES string of the molecule is CCCCC(CC)COP([O-])(=S)SCC(CC)CCCC.[Zn]. The molecule has 6 heteroatoms. The molecule has 2 nitrogen and oxygen atoms in total. The van der Waals surface area contributed by atoms with Crippen LogP contribution in [0.5, 0.6) is 0 Å². The molecular weight excluding hydrogens is 385 g/mol. The molecule has 3 unspecified atom stereocenters. The van der Waals surface area contributed by atoms with E-state index >= 15 is 0 Å². The van der Waals surface area contributed by atoms with E-state index in [9.17, 15) is 4.89 Å². The maximum Gasteiger partial charge on any atom is 0.0541 e. The van der Waals surface area contributed by atoms with Gasteiger partial charge < -0.3 is 9.42 Å². The van der Waals surface area contributed by atoms with Gasteiger partial charge in [0.05, 0.1) is 6.61 Å². The summed E-state index contributed by atoms with van der Waals surface area (Å²) in [5.74, 6) is 2.00. The van der Waals surface area contributed by atoms with Crippen LogP contribution in [0.1, 0.15) is 79.1 Å². The third kappa shape index (κ3) is 13.9. The van der Waals surface area contributed by atoms with E-state index in [0.29, 0.717) is 18.4 Å². The monoisotopic (exact) mass is 417 g/mol. The molecule has 0 aliphatic heterocycles. The van der Waals surface area contributed by atoms with Crippen molar-refractivity contribution in [2.24, 2.45) is 11.8 Å². The van der Waals surface area contributed by atoms with E-state index in [1.165, 1.54) is 43.5 Å². The molecule has 0 fully saturated rings. The van der Waals surface area contributed by atoms with Crippen LogP contribution in [0.3, 0.4) is 0 Å². The van der Waals surface area contributed by atoms with Gasteiger partial charge in [0.15, 0.2) is 0 Å². The third-order valence-corrected chi connectivity index (χ3v) is 8.40. The zero-order valence-corrected chi connectivity index (χ0v) is 20.5. The fraction of sp³-hybridized carbons (Fsp3) is 1.00. The Labute approximate surface area is 160 Å². The van der Waals surface area contributed by atoms with E-state index in [1.54, 1.807) is 0 Å². The van der Waals surface area contributed by atoms with Crippen molar-refractivity contribution in [2.75, 3.05) is 12.4 Å². The van der Waals surface area contributed by atoms with Crippen molar-refractivity contribution in [1.29, 1.82) is 0 Å². The summed E-state index contributed by atoms with van der Waals surface area (Å²) in [5.41, 5.74) is -2.89. The minimum Gasteiger partial charge on any atom is -0.793 e. The Morgan fingerprint density at radius 3 is 1.95 bits per heavy atom. The summed E-state index contributed by atoms with van der Waals surface area (Å²) in [4.78, 5) is 12.4. The zero-order chi connectivity index (χ0) is 16.1. The van der Waals surface area contributed by atoms with E-state index in [0.717, 1.165) is 25.0 Å². The van der Waals surface area contributed by atoms with Gasteiger partial charge in [-0.1, -0.05) is 78.0 Å². The van der Waals surface area contributed by atoms with Crippen LogP contribution < -0.4 is 4.89 Å². The molecule has 3 atom stereocenters. The average Bonchev–Trinajstić information content (AvgIpc) is 2.47. The van der Waals surface area contributed by atoms with Crippen LogP contribution in [0.4, 0.5) is 0 Å². The van der Waals surface area contributed by atoms with Gasteiger partial charge in [-0.25, -0.2) is 0 Å². The second-order valence-corrected chi connectivity index (χ2v) is 12.0. The van der Waals surface area contributed by atoms with Crippen molar-refractivity contribution in [3.05, 3.63) is 0 Å². The number of hydrogen-bond acceptors (Lipinski definition) is 4. The van der Waals surface area contributed by atoms with Crippen molar-refractivity contribution in [2.45, 2.75) is 79.1 Å². The maximum absolute atomic E-state index is 12.4. The van der Waals surface area contributed by atoms with Gasteiger partial charge >= 0.3 is 0 Å². The molecule has 0 saturated heterocycles. The summed E-state index contributed by atoms with van der Waals surface area (Å²) in [6.07, 6.45) is 9.46. The fourth-order valence-electron chi connectivity index (χ4n) is 2.23. The smallest absolute Gasteiger partial charge is 0.0541 e. The minimum atomic E-state index is -2.89. The summed E-state index contributed by atoms with van der Waals surface area (Å²) in [5, 5.41) is 0. The first-order valence-electron chi connectivity index (χ1n) is 8.59. The summed E-state index contributed by atoms with van der Waals surface area (Å²) >= 11 is 6.58. The molecule has 22 heavy (non-hydrogen) atoms. The van der Waals surface area contributed by atoms with Crippen molar-refractivity contribution >= 4 is 28.9 Å². The quantitative estimate of drug-likeness (QED) is 0.265. The normalized spacial score (nSPS) is 16.6. The number of hydrogen-bond donors (Lipinski definition) is 0. The van der Waals surface area contributed by atoms with Gasteiger partial charge in [-0.15, -0.1) is 11.4 Å². The summed E-state index contributed by atoms with van der Waals surface area (Å²) in [7, 11) is 0. The molecule has 0 aromatic heterocycles. The maximum atomic E-state index is 12.4. The Balaban J connectivity index is 0. The van der Waals surface area contributed by atoms with Crippen LogP contribution in [0.25, 0.3) is 0 Å². The second-order valence-electron chi connectivity index (χ2n) is 5.87. The van der Waals surface area contributed by atoms with E-state index in [-0.39, 0.29) is 19.5 Å². The summed E-state index contributed by atoms with van der Waals surface area (Å²) in [6, 6.07) is 0. The summed E-state index contributed by atoms with van der Waals surface area (Å²) < 4.78 is 5.61. The van der Waals surface area contributed by atoms with Crippen LogP contribution in [-0.2, 0) is 35.8 Å². The van der Waals surface area contributed by atoms with E-state index < -0.39 is 5.69 Å². The van der Waals surface area contributed by atoms with Gasteiger partial charge in [0.25, 0.3) is 0 Å². The van der Waals surface area contributed by atoms with Crippen LogP contribution in [0.15, 0.2) is 0 Å². The Hall–Kier alpha value is 1.54. The average molecular weight is 419 g/mol. The molecule has 0 aromatic carbocycles. The van der Waals surface area contributed by atoms with E-state index in [2.05, 4.69) is 27.7 Å². The topological polar surface area (TPSA) is 32.3 Å². The summed E-state index contributed by atoms with van der Waals surface area (Å²) in [6.45, 7) is 9.34. The molecule has 0 heterocycles. The Bertz CT molecular complexity index is 269. The third-order valence-electron chi connectivity index (χ3n) is 4.02. The molecule has 130 valence electrons. The predicted octanol–water partition coefficient (Wildman–Crippen LogP) is 5.75. The molecule has 0 amide bonds. The molecule has 0 aliphatic carbocycles. The van der Waals surface area contributed by atoms with E-state index in [4.69, 9.17) is 16.3 Å². The van der Waals surface area contributed by atoms with Crippen molar-refractivity contribution < 1.29 is 28.9 Å². The Kier molecular flexibility index (Phi) is 18.8. The number of rotatable bonds is 14. The second kappa shape index (κ2) is 16.0. The molecule has 0 spiro atoms. The van der Waals surface area contributed by atoms with Gasteiger partial charge in [0.2, 0.25) is 0 Å². The molecule has 0 aromatic rings. The van der Waals surface area contributed by atoms with Crippen LogP contribution in [0, 0.1) is 11.8 Å². The van der Waals surface area contributed by atoms with Gasteiger partial charge in [-0.2, -0.15) is 0 Å². The largest absolute Gasteiger partial charge is 0.793 e. The molecule has 0 radical (unpaired) electrons. The molecule has 0 N–H and O–H groups in total. The van der Waals surface area contributed by atoms with Gasteiger partial charge in [0, 0.05) is 30.9 Å². The van der Waals surface area contributed by atoms with E-state index in [1.807, 2.05) is 0 Å². The standard InChI is InChI=1S/C16H35O2PS2.Zn/c1-5-9-11-15(7-3)13-18-19(17,20)21-14-16(8-4)12-10-6-2;/h15-16H,5-14H2,1-4H3,(H,17,20);/p-1. The first kappa shape index (κ1) is 25.8. The van der Waals surface area contributed by atoms with Crippen LogP contribution >= 0.6 is 17.1 Å². The molecule has 0 rings (SSSR count). The predicted molar refractivity (Wildman–Crippen MR) is 99.3 cm³/mol. The van der Waals surface area contributed by atoms with Gasteiger partial charge in [0.1, 0.15) is 0 Å². The first-order valence-corrected chi connectivity index (χ1v) is 12.8. The van der Waals surface area contributed by atoms with Gasteiger partial charge in [-0.3, -0.25) is 0 Å².